The van der Waals surface area contributed by atoms with Crippen LogP contribution in [0.25, 0.3) is 0 Å². The summed E-state index contributed by atoms with van der Waals surface area (Å²) in [5.41, 5.74) is 6.62. The van der Waals surface area contributed by atoms with Crippen LogP contribution in [0.1, 0.15) is 44.6 Å². The average molecular weight is 562 g/mol. The molecule has 0 radical (unpaired) electrons. The molecule has 1 aromatic rings. The van der Waals surface area contributed by atoms with Crippen molar-refractivity contribution in [1.82, 2.24) is 15.1 Å². The predicted molar refractivity (Wildman–Crippen MR) is 139 cm³/mol. The molecule has 2 saturated heterocycles. The second-order valence-corrected chi connectivity index (χ2v) is 9.04. The van der Waals surface area contributed by atoms with E-state index in [1.54, 1.807) is 0 Å². The predicted octanol–water partition coefficient (Wildman–Crippen LogP) is 3.72. The van der Waals surface area contributed by atoms with Crippen LogP contribution in [0.2, 0.25) is 5.02 Å². The van der Waals surface area contributed by atoms with Gasteiger partial charge in [-0.2, -0.15) is 0 Å². The van der Waals surface area contributed by atoms with Crippen LogP contribution >= 0.6 is 35.6 Å². The summed E-state index contributed by atoms with van der Waals surface area (Å²) in [6, 6.07) is 8.12. The van der Waals surface area contributed by atoms with Gasteiger partial charge in [-0.25, -0.2) is 0 Å². The van der Waals surface area contributed by atoms with E-state index in [4.69, 9.17) is 22.3 Å². The van der Waals surface area contributed by atoms with Gasteiger partial charge in [0.25, 0.3) is 0 Å². The first kappa shape index (κ1) is 26.2. The smallest absolute Gasteiger partial charge is 0.217 e. The molecule has 0 spiro atoms. The van der Waals surface area contributed by atoms with Crippen molar-refractivity contribution in [1.29, 1.82) is 0 Å². The van der Waals surface area contributed by atoms with E-state index in [2.05, 4.69) is 34.2 Å². The molecule has 6 nitrogen and oxygen atoms in total. The number of nitrogens with two attached hydrogens (primary N) is 1. The zero-order valence-electron chi connectivity index (χ0n) is 18.6. The molecule has 0 aromatic heterocycles. The number of primary amides is 1. The van der Waals surface area contributed by atoms with Gasteiger partial charge in [0.05, 0.1) is 0 Å². The molecule has 2 aliphatic rings. The number of guanidine groups is 1. The number of hydrogen-bond donors (Lipinski definition) is 2. The van der Waals surface area contributed by atoms with Crippen molar-refractivity contribution in [3.05, 3.63) is 34.9 Å². The first-order valence-electron chi connectivity index (χ1n) is 11.3. The summed E-state index contributed by atoms with van der Waals surface area (Å²) in [4.78, 5) is 21.1. The third-order valence-corrected chi connectivity index (χ3v) is 6.57. The van der Waals surface area contributed by atoms with Crippen LogP contribution < -0.4 is 11.1 Å². The Morgan fingerprint density at radius 1 is 1.19 bits per heavy atom. The third-order valence-electron chi connectivity index (χ3n) is 6.20. The van der Waals surface area contributed by atoms with E-state index in [-0.39, 0.29) is 29.9 Å². The number of carbonyl (C=O) groups is 1. The molecule has 1 aromatic carbocycles. The zero-order chi connectivity index (χ0) is 21.3. The van der Waals surface area contributed by atoms with Crippen molar-refractivity contribution in [2.24, 2.45) is 22.6 Å². The topological polar surface area (TPSA) is 74.0 Å². The van der Waals surface area contributed by atoms with E-state index >= 15 is 0 Å². The quantitative estimate of drug-likeness (QED) is 0.302. The molecule has 1 unspecified atom stereocenters. The van der Waals surface area contributed by atoms with Crippen molar-refractivity contribution in [3.8, 4) is 0 Å². The first-order valence-corrected chi connectivity index (χ1v) is 11.7. The van der Waals surface area contributed by atoms with Crippen LogP contribution in [-0.4, -0.2) is 60.9 Å². The molecule has 31 heavy (non-hydrogen) atoms. The van der Waals surface area contributed by atoms with Crippen molar-refractivity contribution >= 4 is 47.4 Å². The lowest BCUT2D eigenvalue weighted by Gasteiger charge is -2.35. The van der Waals surface area contributed by atoms with Crippen LogP contribution in [0.5, 0.6) is 0 Å². The Hall–Kier alpha value is -1.06. The number of halogens is 2. The molecule has 0 bridgehead atoms. The maximum atomic E-state index is 11.3. The number of nitrogens with zero attached hydrogens (tertiary/aromatic N) is 3. The molecular weight excluding hydrogens is 525 g/mol. The molecule has 2 fully saturated rings. The highest BCUT2D eigenvalue weighted by Gasteiger charge is 2.24. The molecule has 0 aliphatic carbocycles. The lowest BCUT2D eigenvalue weighted by molar-refractivity contribution is -0.119. The van der Waals surface area contributed by atoms with Crippen molar-refractivity contribution in [3.63, 3.8) is 0 Å². The number of aliphatic imine (C=N–C) groups is 1. The van der Waals surface area contributed by atoms with Crippen molar-refractivity contribution < 1.29 is 4.79 Å². The van der Waals surface area contributed by atoms with Crippen molar-refractivity contribution in [2.45, 2.75) is 45.6 Å². The number of amides is 1. The van der Waals surface area contributed by atoms with Crippen LogP contribution in [0.15, 0.2) is 29.3 Å². The lowest BCUT2D eigenvalue weighted by Crippen LogP contribution is -2.47. The van der Waals surface area contributed by atoms with E-state index in [0.29, 0.717) is 18.3 Å². The van der Waals surface area contributed by atoms with E-state index in [9.17, 15) is 4.79 Å². The molecule has 2 heterocycles. The van der Waals surface area contributed by atoms with E-state index < -0.39 is 0 Å². The second kappa shape index (κ2) is 13.5. The summed E-state index contributed by atoms with van der Waals surface area (Å²) >= 11 is 6.32. The van der Waals surface area contributed by atoms with Crippen LogP contribution in [-0.2, 0) is 11.3 Å². The molecular formula is C23H37ClIN5O. The normalized spacial score (nSPS) is 20.9. The summed E-state index contributed by atoms with van der Waals surface area (Å²) in [7, 11) is 0. The van der Waals surface area contributed by atoms with E-state index in [0.717, 1.165) is 82.5 Å². The summed E-state index contributed by atoms with van der Waals surface area (Å²) in [6.07, 6.45) is 4.96. The number of likely N-dealkylation sites (tertiary alicyclic amines) is 2. The Morgan fingerprint density at radius 2 is 1.94 bits per heavy atom. The fourth-order valence-corrected chi connectivity index (χ4v) is 4.74. The second-order valence-electron chi connectivity index (χ2n) is 8.63. The zero-order valence-corrected chi connectivity index (χ0v) is 21.6. The van der Waals surface area contributed by atoms with Crippen LogP contribution in [0.4, 0.5) is 0 Å². The van der Waals surface area contributed by atoms with Crippen LogP contribution in [0, 0.1) is 11.8 Å². The maximum absolute atomic E-state index is 11.3. The highest BCUT2D eigenvalue weighted by atomic mass is 127. The largest absolute Gasteiger partial charge is 0.370 e. The standard InChI is InChI=1S/C23H36ClN5O.HI/c1-2-26-23(29-11-5-6-19(16-29)14-22(25)30)27-15-18-9-12-28(13-10-18)17-20-7-3-4-8-21(20)24;/h3-4,7-8,18-19H,2,5-6,9-17H2,1H3,(H2,25,30)(H,26,27);1H. The molecule has 2 aliphatic heterocycles. The molecule has 174 valence electrons. The summed E-state index contributed by atoms with van der Waals surface area (Å²) in [5.74, 6) is 1.75. The monoisotopic (exact) mass is 561 g/mol. The SMILES string of the molecule is CCNC(=NCC1CCN(Cc2ccccc2Cl)CC1)N1CCCC(CC(N)=O)C1.I. The number of piperidine rings is 2. The number of carbonyl (C=O) groups excluding carboxylic acids is 1. The van der Waals surface area contributed by atoms with Gasteiger partial charge >= 0.3 is 0 Å². The highest BCUT2D eigenvalue weighted by molar-refractivity contribution is 14.0. The molecule has 3 N–H and O–H groups in total. The van der Waals surface area contributed by atoms with Gasteiger partial charge in [-0.1, -0.05) is 29.8 Å². The minimum absolute atomic E-state index is 0. The molecule has 3 rings (SSSR count). The molecule has 1 atom stereocenters. The van der Waals surface area contributed by atoms with E-state index in [1.807, 2.05) is 12.1 Å². The fraction of sp³-hybridized carbons (Fsp3) is 0.652. The summed E-state index contributed by atoms with van der Waals surface area (Å²) in [5, 5.41) is 4.31. The van der Waals surface area contributed by atoms with Gasteiger partial charge in [0, 0.05) is 44.2 Å². The Bertz CT molecular complexity index is 724. The van der Waals surface area contributed by atoms with Gasteiger partial charge < -0.3 is 16.0 Å². The minimum atomic E-state index is -0.202. The lowest BCUT2D eigenvalue weighted by atomic mass is 9.94. The summed E-state index contributed by atoms with van der Waals surface area (Å²) in [6.45, 7) is 8.79. The molecule has 1 amide bonds. The number of nitrogens with one attached hydrogen (secondary N) is 1. The van der Waals surface area contributed by atoms with Gasteiger partial charge in [-0.3, -0.25) is 14.7 Å². The number of rotatable bonds is 7. The van der Waals surface area contributed by atoms with Gasteiger partial charge in [0.2, 0.25) is 5.91 Å². The fourth-order valence-electron chi connectivity index (χ4n) is 4.54. The Kier molecular flexibility index (Phi) is 11.4. The van der Waals surface area contributed by atoms with Gasteiger partial charge in [-0.15, -0.1) is 24.0 Å². The van der Waals surface area contributed by atoms with Gasteiger partial charge in [0.1, 0.15) is 0 Å². The van der Waals surface area contributed by atoms with Gasteiger partial charge in [-0.05, 0) is 69.2 Å². The Balaban J connectivity index is 0.00000341. The maximum Gasteiger partial charge on any atom is 0.217 e. The van der Waals surface area contributed by atoms with Crippen molar-refractivity contribution in [2.75, 3.05) is 39.3 Å². The average Bonchev–Trinajstić information content (AvgIpc) is 2.73. The Labute approximate surface area is 209 Å². The van der Waals surface area contributed by atoms with E-state index in [1.165, 1.54) is 5.56 Å². The molecule has 0 saturated carbocycles. The summed E-state index contributed by atoms with van der Waals surface area (Å²) < 4.78 is 0. The Morgan fingerprint density at radius 3 is 2.61 bits per heavy atom. The minimum Gasteiger partial charge on any atom is -0.370 e. The van der Waals surface area contributed by atoms with Crippen LogP contribution in [0.3, 0.4) is 0 Å². The first-order chi connectivity index (χ1) is 14.5. The number of hydrogen-bond acceptors (Lipinski definition) is 3. The molecule has 8 heteroatoms. The third kappa shape index (κ3) is 8.42. The number of benzene rings is 1. The van der Waals surface area contributed by atoms with Gasteiger partial charge in [0.15, 0.2) is 5.96 Å². The highest BCUT2D eigenvalue weighted by Crippen LogP contribution is 2.23.